The summed E-state index contributed by atoms with van der Waals surface area (Å²) in [6.45, 7) is 1.96. The van der Waals surface area contributed by atoms with E-state index in [4.69, 9.17) is 0 Å². The Bertz CT molecular complexity index is 336. The van der Waals surface area contributed by atoms with E-state index in [2.05, 4.69) is 10.2 Å². The van der Waals surface area contributed by atoms with Gasteiger partial charge in [-0.05, 0) is 30.7 Å². The lowest BCUT2D eigenvalue weighted by atomic mass is 10.2. The van der Waals surface area contributed by atoms with Crippen LogP contribution in [0.3, 0.4) is 0 Å². The smallest absolute Gasteiger partial charge is 0.123 e. The summed E-state index contributed by atoms with van der Waals surface area (Å²) in [4.78, 5) is 2.34. The highest BCUT2D eigenvalue weighted by Crippen LogP contribution is 2.29. The van der Waals surface area contributed by atoms with Crippen molar-refractivity contribution < 1.29 is 4.39 Å². The van der Waals surface area contributed by atoms with Crippen molar-refractivity contribution in [2.75, 3.05) is 18.0 Å². The topological polar surface area (TPSA) is 17.3 Å². The average molecular weight is 191 g/mol. The molecule has 73 valence electrons. The maximum atomic E-state index is 12.7. The van der Waals surface area contributed by atoms with E-state index in [1.807, 2.05) is 12.1 Å². The van der Waals surface area contributed by atoms with Crippen molar-refractivity contribution >= 4 is 5.69 Å². The summed E-state index contributed by atoms with van der Waals surface area (Å²) in [7, 11) is 0. The minimum Gasteiger partial charge on any atom is -0.366 e. The number of piperazine rings is 1. The summed E-state index contributed by atoms with van der Waals surface area (Å²) in [6, 6.07) is 7.85. The van der Waals surface area contributed by atoms with Crippen LogP contribution in [0.15, 0.2) is 24.3 Å². The molecule has 2 atom stereocenters. The third-order valence-corrected chi connectivity index (χ3v) is 3.12. The normalized spacial score (nSPS) is 29.9. The van der Waals surface area contributed by atoms with Gasteiger partial charge in [-0.25, -0.2) is 9.71 Å². The molecule has 1 aromatic carbocycles. The highest BCUT2D eigenvalue weighted by molar-refractivity contribution is 5.49. The van der Waals surface area contributed by atoms with Crippen LogP contribution in [0.5, 0.6) is 0 Å². The maximum Gasteiger partial charge on any atom is 0.123 e. The number of hydrogen-bond donors (Lipinski definition) is 0. The molecule has 0 aromatic heterocycles. The molecule has 0 amide bonds. The van der Waals surface area contributed by atoms with E-state index in [-0.39, 0.29) is 5.82 Å². The second-order valence-corrected chi connectivity index (χ2v) is 4.04. The van der Waals surface area contributed by atoms with Gasteiger partial charge < -0.3 is 4.90 Å². The minimum absolute atomic E-state index is 0.164. The number of benzene rings is 1. The summed E-state index contributed by atoms with van der Waals surface area (Å²) in [6.07, 6.45) is 1.18. The van der Waals surface area contributed by atoms with Crippen molar-refractivity contribution in [1.82, 2.24) is 5.32 Å². The molecule has 0 aliphatic carbocycles. The van der Waals surface area contributed by atoms with Crippen LogP contribution in [-0.4, -0.2) is 25.2 Å². The Morgan fingerprint density at radius 1 is 1.29 bits per heavy atom. The van der Waals surface area contributed by atoms with Gasteiger partial charge >= 0.3 is 0 Å². The zero-order valence-electron chi connectivity index (χ0n) is 7.86. The molecule has 2 heterocycles. The molecule has 3 rings (SSSR count). The number of anilines is 1. The highest BCUT2D eigenvalue weighted by atomic mass is 19.1. The second-order valence-electron chi connectivity index (χ2n) is 4.04. The zero-order chi connectivity index (χ0) is 9.54. The van der Waals surface area contributed by atoms with Gasteiger partial charge in [0, 0.05) is 30.9 Å². The van der Waals surface area contributed by atoms with E-state index in [9.17, 15) is 4.39 Å². The van der Waals surface area contributed by atoms with Gasteiger partial charge in [-0.15, -0.1) is 0 Å². The number of hydrogen-bond acceptors (Lipinski definition) is 1. The molecule has 2 nitrogen and oxygen atoms in total. The number of nitrogens with zero attached hydrogens (tertiary/aromatic N) is 2. The van der Waals surface area contributed by atoms with Crippen LogP contribution in [-0.2, 0) is 0 Å². The highest BCUT2D eigenvalue weighted by Gasteiger charge is 2.38. The van der Waals surface area contributed by atoms with Gasteiger partial charge in [-0.2, -0.15) is 0 Å². The molecule has 0 saturated carbocycles. The first-order valence-corrected chi connectivity index (χ1v) is 5.02. The molecule has 3 heteroatoms. The summed E-state index contributed by atoms with van der Waals surface area (Å²) < 4.78 is 12.7. The van der Waals surface area contributed by atoms with Crippen LogP contribution in [0, 0.1) is 5.82 Å². The van der Waals surface area contributed by atoms with Gasteiger partial charge in [-0.1, -0.05) is 0 Å². The summed E-state index contributed by atoms with van der Waals surface area (Å²) in [5, 5.41) is 4.48. The van der Waals surface area contributed by atoms with E-state index in [1.165, 1.54) is 18.6 Å². The molecule has 2 bridgehead atoms. The Morgan fingerprint density at radius 3 is 2.64 bits per heavy atom. The molecule has 0 unspecified atom stereocenters. The predicted octanol–water partition coefficient (Wildman–Crippen LogP) is 1.39. The average Bonchev–Trinajstić information content (AvgIpc) is 2.80. The van der Waals surface area contributed by atoms with Crippen LogP contribution in [0.2, 0.25) is 0 Å². The van der Waals surface area contributed by atoms with E-state index < -0.39 is 0 Å². The molecule has 2 fully saturated rings. The van der Waals surface area contributed by atoms with Crippen molar-refractivity contribution in [2.24, 2.45) is 0 Å². The van der Waals surface area contributed by atoms with Gasteiger partial charge in [0.25, 0.3) is 0 Å². The van der Waals surface area contributed by atoms with Gasteiger partial charge in [0.1, 0.15) is 5.82 Å². The van der Waals surface area contributed by atoms with Crippen molar-refractivity contribution in [1.29, 1.82) is 0 Å². The molecule has 0 spiro atoms. The Labute approximate surface area is 82.7 Å². The first-order chi connectivity index (χ1) is 6.83. The van der Waals surface area contributed by atoms with Crippen LogP contribution >= 0.6 is 0 Å². The number of rotatable bonds is 1. The number of fused-ring (bicyclic) bond motifs is 2. The molecule has 1 aromatic rings. The Balaban J connectivity index is 1.86. The fraction of sp³-hybridized carbons (Fsp3) is 0.455. The largest absolute Gasteiger partial charge is 0.366 e. The third kappa shape index (κ3) is 1.20. The van der Waals surface area contributed by atoms with E-state index >= 15 is 0 Å². The van der Waals surface area contributed by atoms with Crippen LogP contribution in [0.4, 0.5) is 10.1 Å². The standard InChI is InChI=1S/C11H12FN2/c12-8-1-3-10(4-2-8)14-7-9-5-11(14)6-13-9/h1-4,9,11H,5-7H2/t9-,11-/m0/s1. The van der Waals surface area contributed by atoms with Gasteiger partial charge in [0.15, 0.2) is 0 Å². The number of halogens is 1. The lowest BCUT2D eigenvalue weighted by Gasteiger charge is -2.28. The minimum atomic E-state index is -0.164. The molecule has 14 heavy (non-hydrogen) atoms. The first-order valence-electron chi connectivity index (χ1n) is 5.02. The molecule has 2 aliphatic heterocycles. The maximum absolute atomic E-state index is 12.7. The van der Waals surface area contributed by atoms with Gasteiger partial charge in [-0.3, -0.25) is 0 Å². The fourth-order valence-electron chi connectivity index (χ4n) is 2.42. The van der Waals surface area contributed by atoms with Crippen molar-refractivity contribution in [2.45, 2.75) is 18.5 Å². The lowest BCUT2D eigenvalue weighted by molar-refractivity contribution is 0.568. The monoisotopic (exact) mass is 191 g/mol. The predicted molar refractivity (Wildman–Crippen MR) is 52.9 cm³/mol. The molecule has 2 aliphatic rings. The van der Waals surface area contributed by atoms with E-state index in [0.717, 1.165) is 18.8 Å². The first kappa shape index (κ1) is 8.24. The van der Waals surface area contributed by atoms with Crippen LogP contribution in [0.1, 0.15) is 6.42 Å². The van der Waals surface area contributed by atoms with E-state index in [0.29, 0.717) is 12.1 Å². The summed E-state index contributed by atoms with van der Waals surface area (Å²) in [5.41, 5.74) is 1.13. The fourth-order valence-corrected chi connectivity index (χ4v) is 2.42. The van der Waals surface area contributed by atoms with Gasteiger partial charge in [0.2, 0.25) is 0 Å². The molecular formula is C11H12FN2. The molecule has 1 radical (unpaired) electrons. The van der Waals surface area contributed by atoms with Crippen LogP contribution < -0.4 is 10.2 Å². The quantitative estimate of drug-likeness (QED) is 0.655. The zero-order valence-corrected chi connectivity index (χ0v) is 7.86. The van der Waals surface area contributed by atoms with E-state index in [1.54, 1.807) is 0 Å². The van der Waals surface area contributed by atoms with Crippen LogP contribution in [0.25, 0.3) is 0 Å². The van der Waals surface area contributed by atoms with Crippen molar-refractivity contribution in [3.05, 3.63) is 30.1 Å². The van der Waals surface area contributed by atoms with Crippen molar-refractivity contribution in [3.63, 3.8) is 0 Å². The molecule has 0 N–H and O–H groups in total. The molecule has 2 saturated heterocycles. The van der Waals surface area contributed by atoms with Crippen molar-refractivity contribution in [3.8, 4) is 0 Å². The second kappa shape index (κ2) is 2.95. The Hall–Kier alpha value is -1.09. The Morgan fingerprint density at radius 2 is 2.07 bits per heavy atom. The Kier molecular flexibility index (Phi) is 1.74. The van der Waals surface area contributed by atoms with Gasteiger partial charge in [0.05, 0.1) is 0 Å². The summed E-state index contributed by atoms with van der Waals surface area (Å²) in [5.74, 6) is -0.164. The lowest BCUT2D eigenvalue weighted by Crippen LogP contribution is -2.40. The molecular weight excluding hydrogens is 179 g/mol. The summed E-state index contributed by atoms with van der Waals surface area (Å²) >= 11 is 0. The SMILES string of the molecule is Fc1ccc(N2C[C@@H]3C[C@H]2C[N]3)cc1. The third-order valence-electron chi connectivity index (χ3n) is 3.12.